The van der Waals surface area contributed by atoms with Crippen LogP contribution in [0.25, 0.3) is 0 Å². The molecule has 1 aromatic rings. The van der Waals surface area contributed by atoms with Gasteiger partial charge in [-0.3, -0.25) is 4.90 Å². The van der Waals surface area contributed by atoms with E-state index in [4.69, 9.17) is 0 Å². The average molecular weight is 244 g/mol. The summed E-state index contributed by atoms with van der Waals surface area (Å²) in [7, 11) is 0. The van der Waals surface area contributed by atoms with Crippen LogP contribution in [0.3, 0.4) is 0 Å². The fourth-order valence-electron chi connectivity index (χ4n) is 3.60. The fraction of sp³-hybridized carbons (Fsp3) is 0.625. The summed E-state index contributed by atoms with van der Waals surface area (Å²) >= 11 is 0. The van der Waals surface area contributed by atoms with Gasteiger partial charge >= 0.3 is 0 Å². The molecule has 2 fully saturated rings. The second kappa shape index (κ2) is 5.02. The largest absolute Gasteiger partial charge is 0.316 e. The Hall–Kier alpha value is -0.860. The van der Waals surface area contributed by atoms with E-state index in [0.29, 0.717) is 5.41 Å². The van der Waals surface area contributed by atoms with E-state index in [0.717, 1.165) is 12.5 Å². The predicted octanol–water partition coefficient (Wildman–Crippen LogP) is 2.51. The summed E-state index contributed by atoms with van der Waals surface area (Å²) < 4.78 is 0. The van der Waals surface area contributed by atoms with Crippen LogP contribution in [0.1, 0.15) is 25.3 Å². The number of hydrogen-bond donors (Lipinski definition) is 1. The highest BCUT2D eigenvalue weighted by molar-refractivity contribution is 5.14. The first-order valence-corrected chi connectivity index (χ1v) is 7.25. The molecule has 0 aromatic heterocycles. The standard InChI is InChI=1S/C16H24N2/c1-14-11-17-13-16(14)7-9-18(10-8-16)12-15-5-3-2-4-6-15/h2-6,14,17H,7-13H2,1H3. The van der Waals surface area contributed by atoms with Crippen molar-refractivity contribution >= 4 is 0 Å². The van der Waals surface area contributed by atoms with Gasteiger partial charge in [-0.25, -0.2) is 0 Å². The van der Waals surface area contributed by atoms with Crippen molar-refractivity contribution in [1.82, 2.24) is 10.2 Å². The molecule has 1 atom stereocenters. The van der Waals surface area contributed by atoms with Crippen molar-refractivity contribution in [2.75, 3.05) is 26.2 Å². The van der Waals surface area contributed by atoms with Crippen molar-refractivity contribution in [2.24, 2.45) is 11.3 Å². The molecule has 18 heavy (non-hydrogen) atoms. The normalized spacial score (nSPS) is 27.7. The van der Waals surface area contributed by atoms with Crippen LogP contribution in [0, 0.1) is 11.3 Å². The van der Waals surface area contributed by atoms with E-state index in [9.17, 15) is 0 Å². The zero-order valence-corrected chi connectivity index (χ0v) is 11.4. The van der Waals surface area contributed by atoms with Crippen molar-refractivity contribution in [3.63, 3.8) is 0 Å². The summed E-state index contributed by atoms with van der Waals surface area (Å²) in [6.07, 6.45) is 2.74. The first-order chi connectivity index (χ1) is 8.78. The topological polar surface area (TPSA) is 15.3 Å². The molecule has 0 bridgehead atoms. The zero-order valence-electron chi connectivity index (χ0n) is 11.4. The number of nitrogens with one attached hydrogen (secondary N) is 1. The van der Waals surface area contributed by atoms with E-state index < -0.39 is 0 Å². The zero-order chi connectivity index (χ0) is 12.4. The Morgan fingerprint density at radius 3 is 2.56 bits per heavy atom. The van der Waals surface area contributed by atoms with Gasteiger partial charge in [0.05, 0.1) is 0 Å². The maximum Gasteiger partial charge on any atom is 0.0233 e. The average Bonchev–Trinajstić information content (AvgIpc) is 2.75. The molecular formula is C16H24N2. The summed E-state index contributed by atoms with van der Waals surface area (Å²) in [6.45, 7) is 8.54. The summed E-state index contributed by atoms with van der Waals surface area (Å²) in [5.41, 5.74) is 2.05. The molecule has 1 unspecified atom stereocenters. The molecule has 98 valence electrons. The highest BCUT2D eigenvalue weighted by Crippen LogP contribution is 2.41. The van der Waals surface area contributed by atoms with Crippen molar-refractivity contribution in [1.29, 1.82) is 0 Å². The molecule has 2 aliphatic heterocycles. The molecule has 2 heteroatoms. The van der Waals surface area contributed by atoms with Gasteiger partial charge in [-0.1, -0.05) is 37.3 Å². The molecule has 1 spiro atoms. The summed E-state index contributed by atoms with van der Waals surface area (Å²) in [4.78, 5) is 2.62. The summed E-state index contributed by atoms with van der Waals surface area (Å²) in [6, 6.07) is 10.9. The Morgan fingerprint density at radius 1 is 1.22 bits per heavy atom. The Kier molecular flexibility index (Phi) is 3.40. The molecule has 3 rings (SSSR count). The molecule has 2 aliphatic rings. The van der Waals surface area contributed by atoms with Gasteiger partial charge in [0, 0.05) is 13.1 Å². The van der Waals surface area contributed by atoms with Crippen LogP contribution in [-0.4, -0.2) is 31.1 Å². The van der Waals surface area contributed by atoms with E-state index >= 15 is 0 Å². The fourth-order valence-corrected chi connectivity index (χ4v) is 3.60. The predicted molar refractivity (Wildman–Crippen MR) is 75.4 cm³/mol. The maximum absolute atomic E-state index is 3.58. The van der Waals surface area contributed by atoms with Crippen molar-refractivity contribution in [2.45, 2.75) is 26.3 Å². The van der Waals surface area contributed by atoms with Crippen LogP contribution < -0.4 is 5.32 Å². The highest BCUT2D eigenvalue weighted by Gasteiger charge is 2.42. The summed E-state index contributed by atoms with van der Waals surface area (Å²) in [5.74, 6) is 0.858. The Morgan fingerprint density at radius 2 is 1.94 bits per heavy atom. The molecule has 1 aromatic carbocycles. The SMILES string of the molecule is CC1CNCC12CCN(Cc1ccccc1)CC2. The molecule has 0 saturated carbocycles. The monoisotopic (exact) mass is 244 g/mol. The van der Waals surface area contributed by atoms with E-state index in [1.807, 2.05) is 0 Å². The molecule has 0 radical (unpaired) electrons. The van der Waals surface area contributed by atoms with Gasteiger partial charge in [0.2, 0.25) is 0 Å². The smallest absolute Gasteiger partial charge is 0.0233 e. The van der Waals surface area contributed by atoms with E-state index in [1.165, 1.54) is 44.6 Å². The van der Waals surface area contributed by atoms with Gasteiger partial charge in [-0.2, -0.15) is 0 Å². The summed E-state index contributed by atoms with van der Waals surface area (Å²) in [5, 5.41) is 3.58. The van der Waals surface area contributed by atoms with E-state index in [2.05, 4.69) is 47.5 Å². The third kappa shape index (κ3) is 2.32. The molecule has 0 aliphatic carbocycles. The molecule has 0 amide bonds. The lowest BCUT2D eigenvalue weighted by Crippen LogP contribution is -2.43. The van der Waals surface area contributed by atoms with Crippen LogP contribution in [-0.2, 0) is 6.54 Å². The van der Waals surface area contributed by atoms with E-state index in [-0.39, 0.29) is 0 Å². The quantitative estimate of drug-likeness (QED) is 0.860. The number of rotatable bonds is 2. The highest BCUT2D eigenvalue weighted by atomic mass is 15.1. The Bertz CT molecular complexity index is 379. The van der Waals surface area contributed by atoms with Crippen molar-refractivity contribution in [3.8, 4) is 0 Å². The lowest BCUT2D eigenvalue weighted by atomic mass is 9.71. The Labute approximate surface area is 110 Å². The van der Waals surface area contributed by atoms with Gasteiger partial charge in [-0.15, -0.1) is 0 Å². The minimum Gasteiger partial charge on any atom is -0.316 e. The third-order valence-corrected chi connectivity index (χ3v) is 5.07. The number of benzene rings is 1. The number of hydrogen-bond acceptors (Lipinski definition) is 2. The minimum atomic E-state index is 0.604. The second-order valence-corrected chi connectivity index (χ2v) is 6.16. The number of piperidine rings is 1. The van der Waals surface area contributed by atoms with Crippen molar-refractivity contribution < 1.29 is 0 Å². The van der Waals surface area contributed by atoms with Gasteiger partial charge in [0.15, 0.2) is 0 Å². The van der Waals surface area contributed by atoms with Crippen LogP contribution in [0.2, 0.25) is 0 Å². The van der Waals surface area contributed by atoms with Gasteiger partial charge in [0.25, 0.3) is 0 Å². The van der Waals surface area contributed by atoms with Gasteiger partial charge in [-0.05, 0) is 49.4 Å². The number of nitrogens with zero attached hydrogens (tertiary/aromatic N) is 1. The molecule has 2 saturated heterocycles. The molecule has 2 nitrogen and oxygen atoms in total. The lowest BCUT2D eigenvalue weighted by Gasteiger charge is -2.41. The molecule has 1 N–H and O–H groups in total. The van der Waals surface area contributed by atoms with Crippen LogP contribution in [0.5, 0.6) is 0 Å². The first kappa shape index (κ1) is 12.2. The van der Waals surface area contributed by atoms with Gasteiger partial charge in [0.1, 0.15) is 0 Å². The van der Waals surface area contributed by atoms with Gasteiger partial charge < -0.3 is 5.32 Å². The maximum atomic E-state index is 3.58. The molecule has 2 heterocycles. The number of likely N-dealkylation sites (tertiary alicyclic amines) is 1. The molecular weight excluding hydrogens is 220 g/mol. The second-order valence-electron chi connectivity index (χ2n) is 6.16. The van der Waals surface area contributed by atoms with Crippen LogP contribution >= 0.6 is 0 Å². The van der Waals surface area contributed by atoms with E-state index in [1.54, 1.807) is 0 Å². The third-order valence-electron chi connectivity index (χ3n) is 5.07. The Balaban J connectivity index is 1.57. The lowest BCUT2D eigenvalue weighted by molar-refractivity contribution is 0.0835. The van der Waals surface area contributed by atoms with Crippen LogP contribution in [0.15, 0.2) is 30.3 Å². The minimum absolute atomic E-state index is 0.604. The first-order valence-electron chi connectivity index (χ1n) is 7.25. The van der Waals surface area contributed by atoms with Crippen LogP contribution in [0.4, 0.5) is 0 Å². The van der Waals surface area contributed by atoms with Crippen molar-refractivity contribution in [3.05, 3.63) is 35.9 Å².